The van der Waals surface area contributed by atoms with Crippen LogP contribution in [0.5, 0.6) is 0 Å². The van der Waals surface area contributed by atoms with Gasteiger partial charge < -0.3 is 5.32 Å². The number of aromatic nitrogens is 2. The van der Waals surface area contributed by atoms with Crippen LogP contribution in [0.1, 0.15) is 12.1 Å². The third kappa shape index (κ3) is 2.49. The van der Waals surface area contributed by atoms with Crippen molar-refractivity contribution in [2.75, 3.05) is 19.6 Å². The minimum absolute atomic E-state index is 0.143. The lowest BCUT2D eigenvalue weighted by atomic mass is 10.3. The van der Waals surface area contributed by atoms with Crippen molar-refractivity contribution < 1.29 is 4.79 Å². The van der Waals surface area contributed by atoms with Gasteiger partial charge in [0.1, 0.15) is 0 Å². The van der Waals surface area contributed by atoms with Crippen LogP contribution >= 0.6 is 11.5 Å². The Bertz CT molecular complexity index is 300. The van der Waals surface area contributed by atoms with Gasteiger partial charge in [-0.1, -0.05) is 4.49 Å². The summed E-state index contributed by atoms with van der Waals surface area (Å²) in [7, 11) is 0. The van der Waals surface area contributed by atoms with E-state index in [1.54, 1.807) is 0 Å². The van der Waals surface area contributed by atoms with E-state index in [4.69, 9.17) is 0 Å². The average molecular weight is 212 g/mol. The molecule has 2 rings (SSSR count). The van der Waals surface area contributed by atoms with Crippen LogP contribution in [0.4, 0.5) is 0 Å². The van der Waals surface area contributed by atoms with Crippen molar-refractivity contribution >= 4 is 17.4 Å². The Hall–Kier alpha value is -1.01. The molecule has 0 radical (unpaired) electrons. The number of carbonyl (C=O) groups is 1. The fourth-order valence-electron chi connectivity index (χ4n) is 1.45. The van der Waals surface area contributed by atoms with Crippen LogP contribution in [0.15, 0.2) is 5.38 Å². The third-order valence-corrected chi connectivity index (χ3v) is 2.75. The van der Waals surface area contributed by atoms with Gasteiger partial charge in [0.2, 0.25) is 5.91 Å². The first kappa shape index (κ1) is 9.54. The molecule has 1 saturated heterocycles. The Kier molecular flexibility index (Phi) is 3.05. The van der Waals surface area contributed by atoms with E-state index in [1.807, 2.05) is 5.38 Å². The third-order valence-electron chi connectivity index (χ3n) is 2.20. The molecule has 1 aliphatic rings. The Morgan fingerprint density at radius 3 is 3.29 bits per heavy atom. The summed E-state index contributed by atoms with van der Waals surface area (Å²) in [6.45, 7) is 3.23. The van der Waals surface area contributed by atoms with Crippen molar-refractivity contribution in [1.82, 2.24) is 19.8 Å². The Labute approximate surface area is 86.3 Å². The SMILES string of the molecule is O=C1CCN(Cc2csnn2)CCN1. The normalized spacial score (nSPS) is 19.0. The molecule has 0 unspecified atom stereocenters. The van der Waals surface area contributed by atoms with Crippen molar-refractivity contribution in [2.45, 2.75) is 13.0 Å². The standard InChI is InChI=1S/C8H12N4OS/c13-8-1-3-12(4-2-9-8)5-7-6-14-11-10-7/h6H,1-5H2,(H,9,13). The summed E-state index contributed by atoms with van der Waals surface area (Å²) in [6.07, 6.45) is 0.581. The van der Waals surface area contributed by atoms with Crippen LogP contribution in [0.25, 0.3) is 0 Å². The number of hydrogen-bond acceptors (Lipinski definition) is 5. The average Bonchev–Trinajstić information content (AvgIpc) is 2.58. The maximum Gasteiger partial charge on any atom is 0.221 e. The molecule has 14 heavy (non-hydrogen) atoms. The van der Waals surface area contributed by atoms with Crippen molar-refractivity contribution in [1.29, 1.82) is 0 Å². The molecular weight excluding hydrogens is 200 g/mol. The molecule has 0 bridgehead atoms. The molecule has 5 nitrogen and oxygen atoms in total. The van der Waals surface area contributed by atoms with E-state index in [-0.39, 0.29) is 5.91 Å². The summed E-state index contributed by atoms with van der Waals surface area (Å²) in [6, 6.07) is 0. The fourth-order valence-corrected chi connectivity index (χ4v) is 1.90. The second-order valence-electron chi connectivity index (χ2n) is 3.27. The molecule has 1 aromatic heterocycles. The molecule has 6 heteroatoms. The topological polar surface area (TPSA) is 58.1 Å². The van der Waals surface area contributed by atoms with E-state index in [9.17, 15) is 4.79 Å². The maximum absolute atomic E-state index is 11.1. The predicted molar refractivity (Wildman–Crippen MR) is 52.8 cm³/mol. The van der Waals surface area contributed by atoms with Crippen molar-refractivity contribution in [3.8, 4) is 0 Å². The van der Waals surface area contributed by atoms with Crippen LogP contribution in [0.3, 0.4) is 0 Å². The van der Waals surface area contributed by atoms with Gasteiger partial charge in [-0.05, 0) is 11.5 Å². The minimum atomic E-state index is 0.143. The van der Waals surface area contributed by atoms with E-state index < -0.39 is 0 Å². The predicted octanol–water partition coefficient (Wildman–Crippen LogP) is -0.140. The number of rotatable bonds is 2. The van der Waals surface area contributed by atoms with Crippen molar-refractivity contribution in [3.63, 3.8) is 0 Å². The highest BCUT2D eigenvalue weighted by Gasteiger charge is 2.13. The van der Waals surface area contributed by atoms with Crippen molar-refractivity contribution in [2.24, 2.45) is 0 Å². The lowest BCUT2D eigenvalue weighted by Gasteiger charge is -2.16. The second-order valence-corrected chi connectivity index (χ2v) is 3.88. The number of amides is 1. The monoisotopic (exact) mass is 212 g/mol. The Morgan fingerprint density at radius 1 is 1.57 bits per heavy atom. The highest BCUT2D eigenvalue weighted by Crippen LogP contribution is 2.04. The van der Waals surface area contributed by atoms with Crippen LogP contribution < -0.4 is 5.32 Å². The maximum atomic E-state index is 11.1. The summed E-state index contributed by atoms with van der Waals surface area (Å²) >= 11 is 1.36. The van der Waals surface area contributed by atoms with Crippen LogP contribution in [-0.2, 0) is 11.3 Å². The zero-order valence-corrected chi connectivity index (χ0v) is 8.59. The lowest BCUT2D eigenvalue weighted by Crippen LogP contribution is -2.28. The quantitative estimate of drug-likeness (QED) is 0.741. The van der Waals surface area contributed by atoms with Gasteiger partial charge >= 0.3 is 0 Å². The lowest BCUT2D eigenvalue weighted by molar-refractivity contribution is -0.120. The van der Waals surface area contributed by atoms with Gasteiger partial charge in [-0.15, -0.1) is 5.10 Å². The van der Waals surface area contributed by atoms with Crippen LogP contribution in [0.2, 0.25) is 0 Å². The van der Waals surface area contributed by atoms with Gasteiger partial charge in [0.05, 0.1) is 5.69 Å². The first-order chi connectivity index (χ1) is 6.84. The molecule has 0 aliphatic carbocycles. The molecular formula is C8H12N4OS. The molecule has 0 aromatic carbocycles. The summed E-state index contributed by atoms with van der Waals surface area (Å²) in [4.78, 5) is 13.3. The number of nitrogens with one attached hydrogen (secondary N) is 1. The second kappa shape index (κ2) is 4.47. The van der Waals surface area contributed by atoms with E-state index in [1.165, 1.54) is 11.5 Å². The van der Waals surface area contributed by atoms with Gasteiger partial charge in [-0.3, -0.25) is 9.69 Å². The summed E-state index contributed by atoms with van der Waals surface area (Å²) in [5.41, 5.74) is 0.990. The van der Waals surface area contributed by atoms with Crippen molar-refractivity contribution in [3.05, 3.63) is 11.1 Å². The van der Waals surface area contributed by atoms with Crippen LogP contribution in [-0.4, -0.2) is 40.0 Å². The minimum Gasteiger partial charge on any atom is -0.355 e. The van der Waals surface area contributed by atoms with E-state index >= 15 is 0 Å². The molecule has 1 N–H and O–H groups in total. The summed E-state index contributed by atoms with van der Waals surface area (Å²) < 4.78 is 3.81. The fraction of sp³-hybridized carbons (Fsp3) is 0.625. The smallest absolute Gasteiger partial charge is 0.221 e. The highest BCUT2D eigenvalue weighted by molar-refractivity contribution is 7.03. The molecule has 0 atom stereocenters. The van der Waals surface area contributed by atoms with Crippen LogP contribution in [0, 0.1) is 0 Å². The van der Waals surface area contributed by atoms with E-state index in [0.717, 1.165) is 31.9 Å². The Balaban J connectivity index is 1.89. The largest absolute Gasteiger partial charge is 0.355 e. The Morgan fingerprint density at radius 2 is 2.50 bits per heavy atom. The summed E-state index contributed by atoms with van der Waals surface area (Å²) in [5, 5.41) is 8.77. The zero-order valence-electron chi connectivity index (χ0n) is 7.77. The van der Waals surface area contributed by atoms with E-state index in [0.29, 0.717) is 6.42 Å². The number of hydrogen-bond donors (Lipinski definition) is 1. The number of nitrogens with zero attached hydrogens (tertiary/aromatic N) is 3. The number of carbonyl (C=O) groups excluding carboxylic acids is 1. The van der Waals surface area contributed by atoms with Gasteiger partial charge in [0, 0.05) is 38.0 Å². The molecule has 0 spiro atoms. The van der Waals surface area contributed by atoms with E-state index in [2.05, 4.69) is 19.8 Å². The molecule has 1 amide bonds. The molecule has 1 aliphatic heterocycles. The van der Waals surface area contributed by atoms with Gasteiger partial charge in [0.25, 0.3) is 0 Å². The molecule has 2 heterocycles. The molecule has 0 saturated carbocycles. The molecule has 1 fully saturated rings. The van der Waals surface area contributed by atoms with Gasteiger partial charge in [-0.25, -0.2) is 0 Å². The first-order valence-corrected chi connectivity index (χ1v) is 5.43. The van der Waals surface area contributed by atoms with Gasteiger partial charge in [0.15, 0.2) is 0 Å². The molecule has 76 valence electrons. The first-order valence-electron chi connectivity index (χ1n) is 4.59. The van der Waals surface area contributed by atoms with Gasteiger partial charge in [-0.2, -0.15) is 0 Å². The summed E-state index contributed by atoms with van der Waals surface area (Å²) in [5.74, 6) is 0.143. The highest BCUT2D eigenvalue weighted by atomic mass is 32.1. The molecule has 1 aromatic rings. The zero-order chi connectivity index (χ0) is 9.80.